The summed E-state index contributed by atoms with van der Waals surface area (Å²) in [6.45, 7) is 0.234. The van der Waals surface area contributed by atoms with E-state index in [4.69, 9.17) is 16.3 Å². The molecule has 0 bridgehead atoms. The van der Waals surface area contributed by atoms with Gasteiger partial charge in [0.05, 0.1) is 5.02 Å². The quantitative estimate of drug-likeness (QED) is 0.865. The summed E-state index contributed by atoms with van der Waals surface area (Å²) in [6, 6.07) is 7.45. The van der Waals surface area contributed by atoms with E-state index in [0.717, 1.165) is 12.8 Å². The van der Waals surface area contributed by atoms with E-state index in [1.807, 2.05) is 12.1 Å². The van der Waals surface area contributed by atoms with Crippen LogP contribution in [0.1, 0.15) is 37.9 Å². The first-order valence-electron chi connectivity index (χ1n) is 8.14. The summed E-state index contributed by atoms with van der Waals surface area (Å²) in [4.78, 5) is 12.2. The predicted octanol–water partition coefficient (Wildman–Crippen LogP) is 2.35. The monoisotopic (exact) mass is 349 g/mol. The summed E-state index contributed by atoms with van der Waals surface area (Å²) in [7, 11) is 0. The zero-order valence-corrected chi connectivity index (χ0v) is 14.1. The van der Waals surface area contributed by atoms with Gasteiger partial charge < -0.3 is 10.1 Å². The highest BCUT2D eigenvalue weighted by Crippen LogP contribution is 2.23. The number of hydrogen-bond donors (Lipinski definition) is 1. The second-order valence-electron chi connectivity index (χ2n) is 5.87. The molecule has 0 saturated heterocycles. The normalized spacial score (nSPS) is 15.2. The second kappa shape index (κ2) is 8.10. The van der Waals surface area contributed by atoms with E-state index < -0.39 is 0 Å². The number of ether oxygens (including phenoxy) is 1. The molecule has 128 valence electrons. The number of aromatic nitrogens is 4. The van der Waals surface area contributed by atoms with Crippen LogP contribution in [0.15, 0.2) is 24.3 Å². The topological polar surface area (TPSA) is 81.9 Å². The maximum absolute atomic E-state index is 12.2. The fraction of sp³-hybridized carbons (Fsp3) is 0.500. The van der Waals surface area contributed by atoms with Crippen LogP contribution in [0.25, 0.3) is 0 Å². The highest BCUT2D eigenvalue weighted by atomic mass is 35.5. The maximum Gasteiger partial charge on any atom is 0.242 e. The van der Waals surface area contributed by atoms with Gasteiger partial charge in [-0.05, 0) is 35.4 Å². The number of halogens is 1. The van der Waals surface area contributed by atoms with E-state index in [0.29, 0.717) is 16.6 Å². The van der Waals surface area contributed by atoms with E-state index in [-0.39, 0.29) is 25.1 Å². The van der Waals surface area contributed by atoms with E-state index in [2.05, 4.69) is 20.8 Å². The van der Waals surface area contributed by atoms with Gasteiger partial charge in [0.15, 0.2) is 5.82 Å². The first-order valence-corrected chi connectivity index (χ1v) is 8.52. The number of hydrogen-bond acceptors (Lipinski definition) is 5. The Hall–Kier alpha value is -2.15. The van der Waals surface area contributed by atoms with Gasteiger partial charge in [0.2, 0.25) is 5.91 Å². The summed E-state index contributed by atoms with van der Waals surface area (Å²) >= 11 is 6.05. The van der Waals surface area contributed by atoms with Crippen molar-refractivity contribution in [1.82, 2.24) is 25.5 Å². The Morgan fingerprint density at radius 3 is 2.88 bits per heavy atom. The zero-order valence-electron chi connectivity index (χ0n) is 13.3. The molecule has 24 heavy (non-hydrogen) atoms. The molecule has 8 heteroatoms. The largest absolute Gasteiger partial charge is 0.484 e. The second-order valence-corrected chi connectivity index (χ2v) is 6.28. The standard InChI is InChI=1S/C16H20ClN5O2/c17-13-8-4-5-9-14(13)24-11-15-19-20-21-22(15)10-16(23)18-12-6-2-1-3-7-12/h4-5,8-9,12H,1-3,6-7,10-11H2,(H,18,23). The van der Waals surface area contributed by atoms with Crippen molar-refractivity contribution >= 4 is 17.5 Å². The molecule has 1 saturated carbocycles. The van der Waals surface area contributed by atoms with Crippen LogP contribution in [0.4, 0.5) is 0 Å². The van der Waals surface area contributed by atoms with E-state index in [1.165, 1.54) is 23.9 Å². The molecule has 1 N–H and O–H groups in total. The number of carbonyl (C=O) groups excluding carboxylic acids is 1. The minimum absolute atomic E-state index is 0.0757. The van der Waals surface area contributed by atoms with Crippen LogP contribution in [0.3, 0.4) is 0 Å². The molecule has 1 aromatic heterocycles. The first-order chi connectivity index (χ1) is 11.7. The minimum Gasteiger partial charge on any atom is -0.484 e. The Balaban J connectivity index is 1.54. The third-order valence-corrected chi connectivity index (χ3v) is 4.38. The lowest BCUT2D eigenvalue weighted by molar-refractivity contribution is -0.122. The van der Waals surface area contributed by atoms with Crippen LogP contribution in [-0.2, 0) is 17.9 Å². The summed E-state index contributed by atoms with van der Waals surface area (Å²) in [5, 5.41) is 15.0. The van der Waals surface area contributed by atoms with Crippen LogP contribution in [-0.4, -0.2) is 32.2 Å². The van der Waals surface area contributed by atoms with Crippen LogP contribution < -0.4 is 10.1 Å². The summed E-state index contributed by atoms with van der Waals surface area (Å²) < 4.78 is 7.08. The molecule has 0 aliphatic heterocycles. The molecule has 0 radical (unpaired) electrons. The Morgan fingerprint density at radius 1 is 1.29 bits per heavy atom. The van der Waals surface area contributed by atoms with Gasteiger partial charge in [-0.3, -0.25) is 4.79 Å². The summed E-state index contributed by atoms with van der Waals surface area (Å²) in [5.41, 5.74) is 0. The number of carbonyl (C=O) groups is 1. The van der Waals surface area contributed by atoms with Crippen molar-refractivity contribution in [2.45, 2.75) is 51.3 Å². The predicted molar refractivity (Wildman–Crippen MR) is 88.6 cm³/mol. The zero-order chi connectivity index (χ0) is 16.8. The van der Waals surface area contributed by atoms with Crippen molar-refractivity contribution < 1.29 is 9.53 Å². The number of nitrogens with one attached hydrogen (secondary N) is 1. The number of nitrogens with zero attached hydrogens (tertiary/aromatic N) is 4. The summed E-state index contributed by atoms with van der Waals surface area (Å²) in [6.07, 6.45) is 5.69. The molecular formula is C16H20ClN5O2. The molecule has 1 fully saturated rings. The average Bonchev–Trinajstić information content (AvgIpc) is 3.02. The smallest absolute Gasteiger partial charge is 0.242 e. The molecule has 1 aliphatic rings. The number of para-hydroxylation sites is 1. The Bertz CT molecular complexity index is 685. The Morgan fingerprint density at radius 2 is 2.08 bits per heavy atom. The van der Waals surface area contributed by atoms with Crippen LogP contribution in [0.2, 0.25) is 5.02 Å². The van der Waals surface area contributed by atoms with Crippen molar-refractivity contribution in [3.63, 3.8) is 0 Å². The Labute approximate surface area is 145 Å². The maximum atomic E-state index is 12.2. The van der Waals surface area contributed by atoms with E-state index in [9.17, 15) is 4.79 Å². The van der Waals surface area contributed by atoms with Crippen molar-refractivity contribution in [3.8, 4) is 5.75 Å². The van der Waals surface area contributed by atoms with Gasteiger partial charge in [0.1, 0.15) is 18.9 Å². The van der Waals surface area contributed by atoms with Gasteiger partial charge in [0, 0.05) is 6.04 Å². The third kappa shape index (κ3) is 4.44. The first kappa shape index (κ1) is 16.7. The number of tetrazole rings is 1. The van der Waals surface area contributed by atoms with Gasteiger partial charge in [-0.15, -0.1) is 5.10 Å². The van der Waals surface area contributed by atoms with Crippen LogP contribution in [0, 0.1) is 0 Å². The van der Waals surface area contributed by atoms with Crippen molar-refractivity contribution in [2.24, 2.45) is 0 Å². The van der Waals surface area contributed by atoms with Crippen molar-refractivity contribution in [3.05, 3.63) is 35.1 Å². The lowest BCUT2D eigenvalue weighted by Gasteiger charge is -2.22. The molecule has 3 rings (SSSR count). The summed E-state index contributed by atoms with van der Waals surface area (Å²) in [5.74, 6) is 0.960. The molecule has 1 amide bonds. The van der Waals surface area contributed by atoms with Gasteiger partial charge in [-0.25, -0.2) is 4.68 Å². The average molecular weight is 350 g/mol. The van der Waals surface area contributed by atoms with Crippen molar-refractivity contribution in [1.29, 1.82) is 0 Å². The molecule has 2 aromatic rings. The number of benzene rings is 1. The molecule has 1 aromatic carbocycles. The van der Waals surface area contributed by atoms with Crippen LogP contribution >= 0.6 is 11.6 Å². The van der Waals surface area contributed by atoms with Gasteiger partial charge >= 0.3 is 0 Å². The van der Waals surface area contributed by atoms with E-state index >= 15 is 0 Å². The number of rotatable bonds is 6. The Kier molecular flexibility index (Phi) is 5.63. The SMILES string of the molecule is O=C(Cn1nnnc1COc1ccccc1Cl)NC1CCCCC1. The number of amides is 1. The lowest BCUT2D eigenvalue weighted by Crippen LogP contribution is -2.38. The highest BCUT2D eigenvalue weighted by molar-refractivity contribution is 6.32. The van der Waals surface area contributed by atoms with Crippen LogP contribution in [0.5, 0.6) is 5.75 Å². The fourth-order valence-electron chi connectivity index (χ4n) is 2.81. The molecule has 0 atom stereocenters. The molecule has 7 nitrogen and oxygen atoms in total. The minimum atomic E-state index is -0.0757. The van der Waals surface area contributed by atoms with Crippen molar-refractivity contribution in [2.75, 3.05) is 0 Å². The third-order valence-electron chi connectivity index (χ3n) is 4.06. The van der Waals surface area contributed by atoms with E-state index in [1.54, 1.807) is 12.1 Å². The van der Waals surface area contributed by atoms with Gasteiger partial charge in [0.25, 0.3) is 0 Å². The molecule has 0 spiro atoms. The molecule has 1 heterocycles. The fourth-order valence-corrected chi connectivity index (χ4v) is 3.00. The molecule has 1 aliphatic carbocycles. The highest BCUT2D eigenvalue weighted by Gasteiger charge is 2.17. The van der Waals surface area contributed by atoms with Gasteiger partial charge in [-0.2, -0.15) is 0 Å². The van der Waals surface area contributed by atoms with Gasteiger partial charge in [-0.1, -0.05) is 43.0 Å². The lowest BCUT2D eigenvalue weighted by atomic mass is 9.95. The molecular weight excluding hydrogens is 330 g/mol. The molecule has 0 unspecified atom stereocenters.